The van der Waals surface area contributed by atoms with Gasteiger partial charge in [0.15, 0.2) is 0 Å². The molecule has 21 heavy (non-hydrogen) atoms. The van der Waals surface area contributed by atoms with Gasteiger partial charge in [0, 0.05) is 25.5 Å². The minimum Gasteiger partial charge on any atom is -0.494 e. The first kappa shape index (κ1) is 15.0. The van der Waals surface area contributed by atoms with E-state index in [0.29, 0.717) is 12.4 Å². The van der Waals surface area contributed by atoms with Crippen molar-refractivity contribution < 1.29 is 28.2 Å². The lowest BCUT2D eigenvalue weighted by Gasteiger charge is -2.29. The topological polar surface area (TPSA) is 61.8 Å². The standard InChI is InChI=1S/C15H15FO5/c1-4-19-10-6-5-9(12(16)8-10)7-11-13(17)20-15(2,3)21-14(11)18/h5-8H,4H2,1-3H3. The van der Waals surface area contributed by atoms with Crippen molar-refractivity contribution in [3.8, 4) is 5.75 Å². The highest BCUT2D eigenvalue weighted by atomic mass is 19.1. The normalized spacial score (nSPS) is 17.0. The summed E-state index contributed by atoms with van der Waals surface area (Å²) in [7, 11) is 0. The lowest BCUT2D eigenvalue weighted by atomic mass is 10.1. The number of esters is 2. The predicted molar refractivity (Wildman–Crippen MR) is 71.8 cm³/mol. The highest BCUT2D eigenvalue weighted by molar-refractivity contribution is 6.18. The molecule has 5 nitrogen and oxygen atoms in total. The Kier molecular flexibility index (Phi) is 3.97. The molecule has 1 aliphatic heterocycles. The van der Waals surface area contributed by atoms with Gasteiger partial charge in [0.1, 0.15) is 17.1 Å². The quantitative estimate of drug-likeness (QED) is 0.487. The van der Waals surface area contributed by atoms with E-state index in [1.54, 1.807) is 13.0 Å². The van der Waals surface area contributed by atoms with Gasteiger partial charge in [0.05, 0.1) is 6.61 Å². The molecule has 1 saturated heterocycles. The number of halogens is 1. The second-order valence-electron chi connectivity index (χ2n) is 4.85. The maximum Gasteiger partial charge on any atom is 0.348 e. The number of rotatable bonds is 3. The maximum atomic E-state index is 13.9. The van der Waals surface area contributed by atoms with Gasteiger partial charge in [-0.15, -0.1) is 0 Å². The van der Waals surface area contributed by atoms with Crippen LogP contribution in [0.4, 0.5) is 4.39 Å². The van der Waals surface area contributed by atoms with Crippen molar-refractivity contribution in [2.24, 2.45) is 0 Å². The van der Waals surface area contributed by atoms with Crippen molar-refractivity contribution in [3.05, 3.63) is 35.2 Å². The van der Waals surface area contributed by atoms with Crippen LogP contribution in [0.1, 0.15) is 26.3 Å². The third kappa shape index (κ3) is 3.39. The fraction of sp³-hybridized carbons (Fsp3) is 0.333. The van der Waals surface area contributed by atoms with Crippen LogP contribution in [0.3, 0.4) is 0 Å². The molecule has 1 aromatic rings. The molecule has 0 spiro atoms. The van der Waals surface area contributed by atoms with Crippen LogP contribution in [0, 0.1) is 5.82 Å². The van der Waals surface area contributed by atoms with E-state index in [1.165, 1.54) is 26.0 Å². The average Bonchev–Trinajstić information content (AvgIpc) is 2.35. The van der Waals surface area contributed by atoms with Crippen LogP contribution < -0.4 is 4.74 Å². The van der Waals surface area contributed by atoms with Crippen molar-refractivity contribution in [1.29, 1.82) is 0 Å². The summed E-state index contributed by atoms with van der Waals surface area (Å²) < 4.78 is 28.9. The molecule has 0 radical (unpaired) electrons. The van der Waals surface area contributed by atoms with Crippen LogP contribution in [0.5, 0.6) is 5.75 Å². The van der Waals surface area contributed by atoms with Crippen molar-refractivity contribution in [3.63, 3.8) is 0 Å². The third-order valence-electron chi connectivity index (χ3n) is 2.70. The largest absolute Gasteiger partial charge is 0.494 e. The Labute approximate surface area is 121 Å². The van der Waals surface area contributed by atoms with Crippen molar-refractivity contribution in [2.75, 3.05) is 6.61 Å². The van der Waals surface area contributed by atoms with Crippen LogP contribution in [-0.2, 0) is 19.1 Å². The molecule has 0 unspecified atom stereocenters. The van der Waals surface area contributed by atoms with Gasteiger partial charge in [0.2, 0.25) is 0 Å². The fourth-order valence-electron chi connectivity index (χ4n) is 1.82. The zero-order valence-electron chi connectivity index (χ0n) is 11.9. The number of ether oxygens (including phenoxy) is 3. The van der Waals surface area contributed by atoms with Gasteiger partial charge in [-0.25, -0.2) is 14.0 Å². The summed E-state index contributed by atoms with van der Waals surface area (Å²) in [5.74, 6) is -3.25. The number of benzene rings is 1. The second kappa shape index (κ2) is 5.55. The van der Waals surface area contributed by atoms with Gasteiger partial charge in [0.25, 0.3) is 5.79 Å². The summed E-state index contributed by atoms with van der Waals surface area (Å²) in [5.41, 5.74) is -0.278. The molecule has 1 fully saturated rings. The predicted octanol–water partition coefficient (Wildman–Crippen LogP) is 2.44. The van der Waals surface area contributed by atoms with Crippen molar-refractivity contribution >= 4 is 18.0 Å². The highest BCUT2D eigenvalue weighted by Crippen LogP contribution is 2.25. The van der Waals surface area contributed by atoms with E-state index in [1.807, 2.05) is 0 Å². The van der Waals surface area contributed by atoms with E-state index in [4.69, 9.17) is 14.2 Å². The molecule has 0 aromatic heterocycles. The Balaban J connectivity index is 2.31. The lowest BCUT2D eigenvalue weighted by molar-refractivity contribution is -0.222. The van der Waals surface area contributed by atoms with Gasteiger partial charge in [-0.3, -0.25) is 0 Å². The summed E-state index contributed by atoms with van der Waals surface area (Å²) in [4.78, 5) is 23.5. The van der Waals surface area contributed by atoms with E-state index in [0.717, 1.165) is 6.08 Å². The average molecular weight is 294 g/mol. The first-order valence-corrected chi connectivity index (χ1v) is 6.43. The Morgan fingerprint density at radius 3 is 2.38 bits per heavy atom. The molecule has 0 saturated carbocycles. The minimum atomic E-state index is -1.32. The van der Waals surface area contributed by atoms with Crippen molar-refractivity contribution in [2.45, 2.75) is 26.6 Å². The molecule has 1 heterocycles. The van der Waals surface area contributed by atoms with Crippen molar-refractivity contribution in [1.82, 2.24) is 0 Å². The third-order valence-corrected chi connectivity index (χ3v) is 2.70. The molecule has 0 atom stereocenters. The molecule has 0 amide bonds. The Morgan fingerprint density at radius 1 is 1.24 bits per heavy atom. The number of hydrogen-bond acceptors (Lipinski definition) is 5. The molecule has 0 bridgehead atoms. The smallest absolute Gasteiger partial charge is 0.348 e. The Morgan fingerprint density at radius 2 is 1.86 bits per heavy atom. The van der Waals surface area contributed by atoms with E-state index in [-0.39, 0.29) is 11.1 Å². The summed E-state index contributed by atoms with van der Waals surface area (Å²) >= 11 is 0. The van der Waals surface area contributed by atoms with E-state index >= 15 is 0 Å². The molecular weight excluding hydrogens is 279 g/mol. The van der Waals surface area contributed by atoms with Crippen LogP contribution >= 0.6 is 0 Å². The molecule has 6 heteroatoms. The monoisotopic (exact) mass is 294 g/mol. The fourth-order valence-corrected chi connectivity index (χ4v) is 1.82. The molecule has 112 valence electrons. The molecule has 0 aliphatic carbocycles. The van der Waals surface area contributed by atoms with E-state index in [2.05, 4.69) is 0 Å². The molecule has 1 aromatic carbocycles. The number of hydrogen-bond donors (Lipinski definition) is 0. The summed E-state index contributed by atoms with van der Waals surface area (Å²) in [6.45, 7) is 5.07. The van der Waals surface area contributed by atoms with Gasteiger partial charge >= 0.3 is 11.9 Å². The number of carbonyl (C=O) groups is 2. The van der Waals surface area contributed by atoms with Crippen LogP contribution in [-0.4, -0.2) is 24.3 Å². The second-order valence-corrected chi connectivity index (χ2v) is 4.85. The summed E-state index contributed by atoms with van der Waals surface area (Å²) in [5, 5.41) is 0. The first-order valence-electron chi connectivity index (χ1n) is 6.43. The van der Waals surface area contributed by atoms with E-state index < -0.39 is 23.5 Å². The zero-order valence-corrected chi connectivity index (χ0v) is 11.9. The summed E-state index contributed by atoms with van der Waals surface area (Å²) in [6.07, 6.45) is 1.10. The molecule has 1 aliphatic rings. The number of cyclic esters (lactones) is 2. The first-order chi connectivity index (χ1) is 9.82. The zero-order chi connectivity index (χ0) is 15.6. The van der Waals surface area contributed by atoms with Crippen LogP contribution in [0.15, 0.2) is 23.8 Å². The molecular formula is C15H15FO5. The summed E-state index contributed by atoms with van der Waals surface area (Å²) in [6, 6.07) is 4.13. The van der Waals surface area contributed by atoms with Gasteiger partial charge in [-0.2, -0.15) is 0 Å². The lowest BCUT2D eigenvalue weighted by Crippen LogP contribution is -2.41. The highest BCUT2D eigenvalue weighted by Gasteiger charge is 2.38. The Hall–Kier alpha value is -2.37. The minimum absolute atomic E-state index is 0.0714. The number of carbonyl (C=O) groups excluding carboxylic acids is 2. The molecule has 0 N–H and O–H groups in total. The van der Waals surface area contributed by atoms with Crippen LogP contribution in [0.25, 0.3) is 6.08 Å². The van der Waals surface area contributed by atoms with Crippen LogP contribution in [0.2, 0.25) is 0 Å². The van der Waals surface area contributed by atoms with Gasteiger partial charge < -0.3 is 14.2 Å². The van der Waals surface area contributed by atoms with Gasteiger partial charge in [-0.05, 0) is 25.1 Å². The SMILES string of the molecule is CCOc1ccc(C=C2C(=O)OC(C)(C)OC2=O)c(F)c1. The Bertz CT molecular complexity index is 596. The van der Waals surface area contributed by atoms with E-state index in [9.17, 15) is 14.0 Å². The molecule has 2 rings (SSSR count). The van der Waals surface area contributed by atoms with Gasteiger partial charge in [-0.1, -0.05) is 0 Å². The maximum absolute atomic E-state index is 13.9.